The van der Waals surface area contributed by atoms with Gasteiger partial charge in [-0.2, -0.15) is 11.8 Å². The zero-order chi connectivity index (χ0) is 13.5. The predicted molar refractivity (Wildman–Crippen MR) is 101 cm³/mol. The van der Waals surface area contributed by atoms with Gasteiger partial charge in [-0.1, -0.05) is 0 Å². The molecule has 20 heavy (non-hydrogen) atoms. The van der Waals surface area contributed by atoms with Crippen molar-refractivity contribution in [3.8, 4) is 0 Å². The largest absolute Gasteiger partial charge is 0.357 e. The maximum absolute atomic E-state index is 4.62. The van der Waals surface area contributed by atoms with Gasteiger partial charge in [0.15, 0.2) is 5.96 Å². The topological polar surface area (TPSA) is 49.3 Å². The molecule has 1 unspecified atom stereocenters. The number of guanidine groups is 1. The van der Waals surface area contributed by atoms with Crippen LogP contribution in [0.25, 0.3) is 0 Å². The van der Waals surface area contributed by atoms with Gasteiger partial charge in [0.1, 0.15) is 5.01 Å². The van der Waals surface area contributed by atoms with Crippen LogP contribution < -0.4 is 10.6 Å². The first-order valence-corrected chi connectivity index (χ1v) is 8.79. The highest BCUT2D eigenvalue weighted by atomic mass is 127. The molecule has 2 rings (SSSR count). The number of thiazole rings is 1. The molecule has 1 saturated heterocycles. The van der Waals surface area contributed by atoms with Crippen molar-refractivity contribution in [1.82, 2.24) is 15.6 Å². The van der Waals surface area contributed by atoms with Crippen LogP contribution in [0.2, 0.25) is 0 Å². The van der Waals surface area contributed by atoms with Crippen molar-refractivity contribution in [1.29, 1.82) is 0 Å². The number of aromatic nitrogens is 1. The van der Waals surface area contributed by atoms with Crippen molar-refractivity contribution in [3.05, 3.63) is 16.1 Å². The number of hydrogen-bond donors (Lipinski definition) is 2. The number of hydrogen-bond acceptors (Lipinski definition) is 4. The van der Waals surface area contributed by atoms with Gasteiger partial charge in [-0.3, -0.25) is 0 Å². The van der Waals surface area contributed by atoms with Crippen LogP contribution in [-0.2, 0) is 6.54 Å². The van der Waals surface area contributed by atoms with E-state index in [1.165, 1.54) is 29.2 Å². The molecule has 1 aromatic heterocycles. The highest BCUT2D eigenvalue weighted by Crippen LogP contribution is 2.17. The lowest BCUT2D eigenvalue weighted by molar-refractivity contribution is 0.582. The molecule has 2 heterocycles. The molecule has 0 aromatic carbocycles. The van der Waals surface area contributed by atoms with Gasteiger partial charge in [-0.15, -0.1) is 35.3 Å². The van der Waals surface area contributed by atoms with Gasteiger partial charge < -0.3 is 10.6 Å². The first-order valence-electron chi connectivity index (χ1n) is 6.82. The summed E-state index contributed by atoms with van der Waals surface area (Å²) in [5.41, 5.74) is 0. The van der Waals surface area contributed by atoms with Gasteiger partial charge in [-0.05, 0) is 32.4 Å². The van der Waals surface area contributed by atoms with Crippen LogP contribution in [0.3, 0.4) is 0 Å². The number of aryl methyl sites for hydroxylation is 1. The summed E-state index contributed by atoms with van der Waals surface area (Å²) in [6.07, 6.45) is 4.45. The zero-order valence-electron chi connectivity index (χ0n) is 12.0. The van der Waals surface area contributed by atoms with Crippen LogP contribution in [0.4, 0.5) is 0 Å². The van der Waals surface area contributed by atoms with E-state index in [2.05, 4.69) is 34.5 Å². The molecule has 7 heteroatoms. The minimum atomic E-state index is 0. The standard InChI is InChI=1S/C13H22N4S2.HI/c1-3-14-13(17-11-5-4-6-18-9-11)16-8-12-15-7-10(2)19-12;/h7,11H,3-6,8-9H2,1-2H3,(H2,14,16,17);1H. The minimum absolute atomic E-state index is 0. The molecular weight excluding hydrogens is 403 g/mol. The molecule has 1 fully saturated rings. The second-order valence-corrected chi connectivity index (χ2v) is 7.09. The Labute approximate surface area is 146 Å². The summed E-state index contributed by atoms with van der Waals surface area (Å²) < 4.78 is 0. The lowest BCUT2D eigenvalue weighted by atomic mass is 10.2. The molecule has 114 valence electrons. The quantitative estimate of drug-likeness (QED) is 0.442. The smallest absolute Gasteiger partial charge is 0.191 e. The first kappa shape index (κ1) is 18.0. The number of rotatable bonds is 4. The summed E-state index contributed by atoms with van der Waals surface area (Å²) in [6.45, 7) is 5.73. The van der Waals surface area contributed by atoms with Gasteiger partial charge in [0.2, 0.25) is 0 Å². The first-order chi connectivity index (χ1) is 9.28. The highest BCUT2D eigenvalue weighted by Gasteiger charge is 2.14. The Hall–Kier alpha value is -0.0200. The highest BCUT2D eigenvalue weighted by molar-refractivity contribution is 14.0. The summed E-state index contributed by atoms with van der Waals surface area (Å²) in [4.78, 5) is 10.2. The number of aliphatic imine (C=N–C) groups is 1. The average Bonchev–Trinajstić information content (AvgIpc) is 2.83. The zero-order valence-corrected chi connectivity index (χ0v) is 16.0. The molecule has 0 saturated carbocycles. The molecule has 0 radical (unpaired) electrons. The van der Waals surface area contributed by atoms with Crippen LogP contribution in [0.5, 0.6) is 0 Å². The summed E-state index contributed by atoms with van der Waals surface area (Å²) >= 11 is 3.74. The molecule has 1 aromatic rings. The van der Waals surface area contributed by atoms with Crippen LogP contribution in [0.15, 0.2) is 11.2 Å². The van der Waals surface area contributed by atoms with Crippen LogP contribution in [0.1, 0.15) is 29.7 Å². The second-order valence-electron chi connectivity index (χ2n) is 4.62. The molecule has 1 aliphatic heterocycles. The maximum atomic E-state index is 4.62. The van der Waals surface area contributed by atoms with E-state index in [4.69, 9.17) is 0 Å². The third kappa shape index (κ3) is 6.17. The van der Waals surface area contributed by atoms with Crippen LogP contribution in [-0.4, -0.2) is 35.0 Å². The Bertz CT molecular complexity index is 416. The normalized spacial score (nSPS) is 19.3. The molecule has 4 nitrogen and oxygen atoms in total. The monoisotopic (exact) mass is 426 g/mol. The van der Waals surface area contributed by atoms with Crippen LogP contribution in [0, 0.1) is 6.92 Å². The Kier molecular flexibility index (Phi) is 8.86. The van der Waals surface area contributed by atoms with E-state index in [1.807, 2.05) is 18.0 Å². The third-order valence-electron chi connectivity index (χ3n) is 2.89. The van der Waals surface area contributed by atoms with Crippen molar-refractivity contribution < 1.29 is 0 Å². The van der Waals surface area contributed by atoms with Crippen molar-refractivity contribution in [2.75, 3.05) is 18.1 Å². The second kappa shape index (κ2) is 9.83. The maximum Gasteiger partial charge on any atom is 0.191 e. The fourth-order valence-electron chi connectivity index (χ4n) is 1.99. The van der Waals surface area contributed by atoms with Crippen molar-refractivity contribution in [2.45, 2.75) is 39.3 Å². The van der Waals surface area contributed by atoms with E-state index in [9.17, 15) is 0 Å². The van der Waals surface area contributed by atoms with E-state index in [0.717, 1.165) is 17.5 Å². The SMILES string of the molecule is CCNC(=NCc1ncc(C)s1)NC1CCCSC1.I. The molecular formula is C13H23IN4S2. The van der Waals surface area contributed by atoms with Crippen molar-refractivity contribution in [3.63, 3.8) is 0 Å². The van der Waals surface area contributed by atoms with Crippen molar-refractivity contribution in [2.24, 2.45) is 4.99 Å². The van der Waals surface area contributed by atoms with Gasteiger partial charge in [0.25, 0.3) is 0 Å². The van der Waals surface area contributed by atoms with E-state index in [1.54, 1.807) is 11.3 Å². The van der Waals surface area contributed by atoms with E-state index >= 15 is 0 Å². The van der Waals surface area contributed by atoms with E-state index in [0.29, 0.717) is 12.6 Å². The summed E-state index contributed by atoms with van der Waals surface area (Å²) in [5.74, 6) is 3.40. The lowest BCUT2D eigenvalue weighted by Crippen LogP contribution is -2.45. The Balaban J connectivity index is 0.00000200. The minimum Gasteiger partial charge on any atom is -0.357 e. The molecule has 0 spiro atoms. The Morgan fingerprint density at radius 2 is 2.40 bits per heavy atom. The Morgan fingerprint density at radius 1 is 1.55 bits per heavy atom. The molecule has 0 aliphatic carbocycles. The van der Waals surface area contributed by atoms with Crippen LogP contribution >= 0.6 is 47.1 Å². The molecule has 1 aliphatic rings. The van der Waals surface area contributed by atoms with Crippen molar-refractivity contribution >= 4 is 53.0 Å². The number of nitrogens with zero attached hydrogens (tertiary/aromatic N) is 2. The molecule has 0 bridgehead atoms. The Morgan fingerprint density at radius 3 is 3.00 bits per heavy atom. The van der Waals surface area contributed by atoms with Gasteiger partial charge in [-0.25, -0.2) is 9.98 Å². The number of halogens is 1. The third-order valence-corrected chi connectivity index (χ3v) is 5.00. The number of thioether (sulfide) groups is 1. The molecule has 1 atom stereocenters. The van der Waals surface area contributed by atoms with Gasteiger partial charge >= 0.3 is 0 Å². The predicted octanol–water partition coefficient (Wildman–Crippen LogP) is 3.02. The fraction of sp³-hybridized carbons (Fsp3) is 0.692. The average molecular weight is 426 g/mol. The lowest BCUT2D eigenvalue weighted by Gasteiger charge is -2.24. The van der Waals surface area contributed by atoms with Gasteiger partial charge in [0, 0.05) is 29.4 Å². The summed E-state index contributed by atoms with van der Waals surface area (Å²) in [5, 5.41) is 7.92. The van der Waals surface area contributed by atoms with Gasteiger partial charge in [0.05, 0.1) is 6.54 Å². The molecule has 0 amide bonds. The van der Waals surface area contributed by atoms with E-state index < -0.39 is 0 Å². The van der Waals surface area contributed by atoms with E-state index in [-0.39, 0.29) is 24.0 Å². The fourth-order valence-corrected chi connectivity index (χ4v) is 3.77. The summed E-state index contributed by atoms with van der Waals surface area (Å²) in [6, 6.07) is 0.551. The summed E-state index contributed by atoms with van der Waals surface area (Å²) in [7, 11) is 0. The molecule has 2 N–H and O–H groups in total. The number of nitrogens with one attached hydrogen (secondary N) is 2.